The van der Waals surface area contributed by atoms with E-state index in [1.807, 2.05) is 0 Å². The summed E-state index contributed by atoms with van der Waals surface area (Å²) in [5.41, 5.74) is -0.0412. The molecule has 0 bridgehead atoms. The normalized spacial score (nSPS) is 21.1. The summed E-state index contributed by atoms with van der Waals surface area (Å²) in [6.07, 6.45) is 1.78. The molecule has 1 heterocycles. The van der Waals surface area contributed by atoms with Gasteiger partial charge < -0.3 is 15.5 Å². The monoisotopic (exact) mass is 420 g/mol. The van der Waals surface area contributed by atoms with Gasteiger partial charge in [-0.15, -0.1) is 0 Å². The molecule has 2 aliphatic rings. The predicted molar refractivity (Wildman–Crippen MR) is 107 cm³/mol. The fourth-order valence-electron chi connectivity index (χ4n) is 3.44. The first-order valence-corrected chi connectivity index (χ1v) is 10.1. The fourth-order valence-corrected chi connectivity index (χ4v) is 3.57. The lowest BCUT2D eigenvalue weighted by Gasteiger charge is -2.24. The Kier molecular flexibility index (Phi) is 6.12. The molecule has 3 rings (SSSR count). The number of nitrogens with one attached hydrogen (secondary N) is 2. The van der Waals surface area contributed by atoms with Crippen molar-refractivity contribution in [2.45, 2.75) is 38.8 Å². The second-order valence-electron chi connectivity index (χ2n) is 7.61. The highest BCUT2D eigenvalue weighted by Gasteiger charge is 2.56. The number of halogens is 1. The van der Waals surface area contributed by atoms with Gasteiger partial charge in [0.1, 0.15) is 12.1 Å². The van der Waals surface area contributed by atoms with E-state index in [0.717, 1.165) is 23.3 Å². The summed E-state index contributed by atoms with van der Waals surface area (Å²) in [6, 6.07) is 6.53. The van der Waals surface area contributed by atoms with Crippen LogP contribution in [0.5, 0.6) is 0 Å². The molecule has 1 unspecified atom stereocenters. The van der Waals surface area contributed by atoms with Crippen LogP contribution in [-0.4, -0.2) is 58.7 Å². The number of carbonyl (C=O) groups excluding carboxylic acids is 4. The van der Waals surface area contributed by atoms with Crippen LogP contribution in [0.15, 0.2) is 24.3 Å². The Labute approximate surface area is 174 Å². The molecule has 5 amide bonds. The first-order valence-electron chi connectivity index (χ1n) is 9.67. The van der Waals surface area contributed by atoms with Crippen molar-refractivity contribution in [3.63, 3.8) is 0 Å². The average Bonchev–Trinajstić information content (AvgIpc) is 3.51. The highest BCUT2D eigenvalue weighted by Crippen LogP contribution is 2.42. The van der Waals surface area contributed by atoms with Crippen molar-refractivity contribution in [1.29, 1.82) is 0 Å². The Morgan fingerprint density at radius 2 is 1.93 bits per heavy atom. The molecule has 2 fully saturated rings. The molecular weight excluding hydrogens is 396 g/mol. The number of likely N-dealkylation sites (N-methyl/N-ethyl adjacent to an activating group) is 1. The summed E-state index contributed by atoms with van der Waals surface area (Å²) >= 11 is 5.84. The van der Waals surface area contributed by atoms with Gasteiger partial charge in [0.15, 0.2) is 0 Å². The van der Waals surface area contributed by atoms with Crippen LogP contribution in [0.4, 0.5) is 4.79 Å². The molecule has 1 atom stereocenters. The smallest absolute Gasteiger partial charge is 0.325 e. The Morgan fingerprint density at radius 3 is 2.52 bits per heavy atom. The van der Waals surface area contributed by atoms with Crippen molar-refractivity contribution in [3.05, 3.63) is 34.9 Å². The largest absolute Gasteiger partial charge is 0.350 e. The van der Waals surface area contributed by atoms with E-state index < -0.39 is 17.5 Å². The summed E-state index contributed by atoms with van der Waals surface area (Å²) in [4.78, 5) is 52.0. The van der Waals surface area contributed by atoms with Crippen LogP contribution in [0, 0.1) is 5.92 Å². The van der Waals surface area contributed by atoms with Crippen LogP contribution in [0.25, 0.3) is 0 Å². The molecular formula is C20H25ClN4O4. The maximum Gasteiger partial charge on any atom is 0.325 e. The number of carbonyl (C=O) groups is 4. The molecule has 1 saturated heterocycles. The Morgan fingerprint density at radius 1 is 1.28 bits per heavy atom. The van der Waals surface area contributed by atoms with Crippen LogP contribution >= 0.6 is 11.6 Å². The first-order chi connectivity index (χ1) is 13.7. The van der Waals surface area contributed by atoms with E-state index in [9.17, 15) is 19.2 Å². The minimum Gasteiger partial charge on any atom is -0.350 e. The number of urea groups is 1. The standard InChI is InChI=1S/C20H25ClN4O4/c1-3-24(11-16(26)22-10-13-4-8-15(21)9-5-13)17(27)12-25-18(28)20(2,14-6-7-14)23-19(25)29/h4-5,8-9,14H,3,6-7,10-12H2,1-2H3,(H,22,26)(H,23,29). The van der Waals surface area contributed by atoms with Crippen molar-refractivity contribution in [3.8, 4) is 0 Å². The molecule has 156 valence electrons. The molecule has 8 nitrogen and oxygen atoms in total. The van der Waals surface area contributed by atoms with Crippen molar-refractivity contribution in [2.24, 2.45) is 5.92 Å². The minimum absolute atomic E-state index is 0.125. The maximum atomic E-state index is 12.7. The number of rotatable bonds is 8. The van der Waals surface area contributed by atoms with E-state index in [2.05, 4.69) is 10.6 Å². The van der Waals surface area contributed by atoms with Crippen molar-refractivity contribution < 1.29 is 19.2 Å². The van der Waals surface area contributed by atoms with Gasteiger partial charge in [-0.3, -0.25) is 19.3 Å². The van der Waals surface area contributed by atoms with E-state index in [4.69, 9.17) is 11.6 Å². The number of imide groups is 1. The average molecular weight is 421 g/mol. The van der Waals surface area contributed by atoms with Crippen LogP contribution in [0.2, 0.25) is 5.02 Å². The first kappa shape index (κ1) is 21.1. The summed E-state index contributed by atoms with van der Waals surface area (Å²) in [5.74, 6) is -1.02. The number of amides is 5. The molecule has 0 aromatic heterocycles. The lowest BCUT2D eigenvalue weighted by atomic mass is 9.96. The van der Waals surface area contributed by atoms with Gasteiger partial charge in [0.25, 0.3) is 5.91 Å². The van der Waals surface area contributed by atoms with Crippen molar-refractivity contribution in [2.75, 3.05) is 19.6 Å². The molecule has 0 spiro atoms. The molecule has 1 aromatic rings. The van der Waals surface area contributed by atoms with Crippen molar-refractivity contribution >= 4 is 35.4 Å². The van der Waals surface area contributed by atoms with Gasteiger partial charge in [0.2, 0.25) is 11.8 Å². The molecule has 29 heavy (non-hydrogen) atoms. The van der Waals surface area contributed by atoms with Gasteiger partial charge >= 0.3 is 6.03 Å². The number of hydrogen-bond acceptors (Lipinski definition) is 4. The van der Waals surface area contributed by atoms with Crippen LogP contribution in [0.3, 0.4) is 0 Å². The third-order valence-corrected chi connectivity index (χ3v) is 5.71. The quantitative estimate of drug-likeness (QED) is 0.623. The summed E-state index contributed by atoms with van der Waals surface area (Å²) in [5, 5.41) is 6.08. The predicted octanol–water partition coefficient (Wildman–Crippen LogP) is 1.53. The van der Waals surface area contributed by atoms with E-state index in [0.29, 0.717) is 11.6 Å². The molecule has 2 N–H and O–H groups in total. The van der Waals surface area contributed by atoms with Crippen LogP contribution < -0.4 is 10.6 Å². The van der Waals surface area contributed by atoms with Gasteiger partial charge in [0.05, 0.1) is 6.54 Å². The highest BCUT2D eigenvalue weighted by molar-refractivity contribution is 6.30. The van der Waals surface area contributed by atoms with Gasteiger partial charge in [-0.2, -0.15) is 0 Å². The molecule has 1 aliphatic carbocycles. The van der Waals surface area contributed by atoms with Gasteiger partial charge in [0, 0.05) is 18.1 Å². The molecule has 1 aliphatic heterocycles. The van der Waals surface area contributed by atoms with Gasteiger partial charge in [-0.1, -0.05) is 23.7 Å². The van der Waals surface area contributed by atoms with Gasteiger partial charge in [-0.05, 0) is 50.3 Å². The van der Waals surface area contributed by atoms with E-state index in [-0.39, 0.29) is 37.4 Å². The summed E-state index contributed by atoms with van der Waals surface area (Å²) < 4.78 is 0. The lowest BCUT2D eigenvalue weighted by molar-refractivity contribution is -0.140. The van der Waals surface area contributed by atoms with E-state index in [1.165, 1.54) is 4.90 Å². The zero-order valence-corrected chi connectivity index (χ0v) is 17.3. The number of benzene rings is 1. The van der Waals surface area contributed by atoms with Crippen LogP contribution in [-0.2, 0) is 20.9 Å². The van der Waals surface area contributed by atoms with E-state index >= 15 is 0 Å². The highest BCUT2D eigenvalue weighted by atomic mass is 35.5. The van der Waals surface area contributed by atoms with Crippen molar-refractivity contribution in [1.82, 2.24) is 20.4 Å². The Bertz CT molecular complexity index is 824. The topological polar surface area (TPSA) is 98.8 Å². The van der Waals surface area contributed by atoms with Crippen LogP contribution in [0.1, 0.15) is 32.3 Å². The lowest BCUT2D eigenvalue weighted by Crippen LogP contribution is -2.48. The van der Waals surface area contributed by atoms with E-state index in [1.54, 1.807) is 38.1 Å². The number of hydrogen-bond donors (Lipinski definition) is 2. The SMILES string of the molecule is CCN(CC(=O)NCc1ccc(Cl)cc1)C(=O)CN1C(=O)NC(C)(C2CC2)C1=O. The zero-order chi connectivity index (χ0) is 21.2. The maximum absolute atomic E-state index is 12.7. The second kappa shape index (κ2) is 8.41. The second-order valence-corrected chi connectivity index (χ2v) is 8.05. The summed E-state index contributed by atoms with van der Waals surface area (Å²) in [7, 11) is 0. The summed E-state index contributed by atoms with van der Waals surface area (Å²) in [6.45, 7) is 3.53. The molecule has 0 radical (unpaired) electrons. The minimum atomic E-state index is -0.926. The molecule has 9 heteroatoms. The third-order valence-electron chi connectivity index (χ3n) is 5.46. The molecule has 1 saturated carbocycles. The fraction of sp³-hybridized carbons (Fsp3) is 0.500. The Hall–Kier alpha value is -2.61. The zero-order valence-electron chi connectivity index (χ0n) is 16.5. The number of nitrogens with zero attached hydrogens (tertiary/aromatic N) is 2. The Balaban J connectivity index is 1.53. The van der Waals surface area contributed by atoms with Gasteiger partial charge in [-0.25, -0.2) is 4.79 Å². The molecule has 1 aromatic carbocycles. The third kappa shape index (κ3) is 4.70.